The first-order valence-electron chi connectivity index (χ1n) is 8.23. The number of sulfonamides is 1. The largest absolute Gasteiger partial charge is 0.289 e. The van der Waals surface area contributed by atoms with Crippen LogP contribution in [0.15, 0.2) is 23.8 Å². The maximum Gasteiger partial charge on any atom is 0.214 e. The molecule has 7 nitrogen and oxygen atoms in total. The lowest BCUT2D eigenvalue weighted by Gasteiger charge is -2.33. The lowest BCUT2D eigenvalue weighted by molar-refractivity contribution is 0.162. The summed E-state index contributed by atoms with van der Waals surface area (Å²) < 4.78 is 28.7. The molecule has 2 aliphatic rings. The predicted molar refractivity (Wildman–Crippen MR) is 92.1 cm³/mol. The normalized spacial score (nSPS) is 21.8. The van der Waals surface area contributed by atoms with Gasteiger partial charge in [-0.3, -0.25) is 9.58 Å². The Labute approximate surface area is 145 Å². The number of aromatic nitrogens is 3. The van der Waals surface area contributed by atoms with Gasteiger partial charge in [0.2, 0.25) is 10.0 Å². The highest BCUT2D eigenvalue weighted by Crippen LogP contribution is 2.28. The van der Waals surface area contributed by atoms with Crippen LogP contribution in [-0.2, 0) is 23.1 Å². The Kier molecular flexibility index (Phi) is 4.42. The maximum atomic E-state index is 12.0. The summed E-state index contributed by atoms with van der Waals surface area (Å²) in [6.45, 7) is 3.00. The van der Waals surface area contributed by atoms with E-state index in [4.69, 9.17) is 0 Å². The second-order valence-corrected chi connectivity index (χ2v) is 9.47. The molecule has 24 heavy (non-hydrogen) atoms. The molecule has 1 atom stereocenters. The lowest BCUT2D eigenvalue weighted by atomic mass is 10.1. The fourth-order valence-electron chi connectivity index (χ4n) is 3.19. The monoisotopic (exact) mass is 367 g/mol. The average molecular weight is 368 g/mol. The molecule has 9 heteroatoms. The smallest absolute Gasteiger partial charge is 0.214 e. The quantitative estimate of drug-likeness (QED) is 0.799. The van der Waals surface area contributed by atoms with E-state index in [0.717, 1.165) is 43.9 Å². The second-order valence-electron chi connectivity index (χ2n) is 6.44. The number of nitrogens with one attached hydrogen (secondary N) is 1. The Morgan fingerprint density at radius 2 is 2.21 bits per heavy atom. The third kappa shape index (κ3) is 3.53. The van der Waals surface area contributed by atoms with Crippen LogP contribution < -0.4 is 4.72 Å². The Hall–Kier alpha value is -1.29. The summed E-state index contributed by atoms with van der Waals surface area (Å²) in [6.07, 6.45) is 5.99. The molecule has 130 valence electrons. The van der Waals surface area contributed by atoms with Crippen LogP contribution in [0.3, 0.4) is 0 Å². The van der Waals surface area contributed by atoms with Gasteiger partial charge in [-0.25, -0.2) is 18.1 Å². The van der Waals surface area contributed by atoms with Crippen LogP contribution in [0.25, 0.3) is 0 Å². The van der Waals surface area contributed by atoms with Crippen molar-refractivity contribution in [1.82, 2.24) is 24.4 Å². The first-order valence-corrected chi connectivity index (χ1v) is 10.7. The van der Waals surface area contributed by atoms with Crippen molar-refractivity contribution in [3.63, 3.8) is 0 Å². The predicted octanol–water partition coefficient (Wildman–Crippen LogP) is 1.37. The van der Waals surface area contributed by atoms with Gasteiger partial charge in [0.15, 0.2) is 0 Å². The first kappa shape index (κ1) is 16.2. The Morgan fingerprint density at radius 3 is 2.96 bits per heavy atom. The number of fused-ring (bicyclic) bond motifs is 1. The topological polar surface area (TPSA) is 80.1 Å². The zero-order valence-corrected chi connectivity index (χ0v) is 15.0. The third-order valence-electron chi connectivity index (χ3n) is 4.54. The molecular weight excluding hydrogens is 346 g/mol. The molecule has 2 aromatic heterocycles. The van der Waals surface area contributed by atoms with Crippen LogP contribution in [-0.4, -0.2) is 46.4 Å². The van der Waals surface area contributed by atoms with Gasteiger partial charge in [0.1, 0.15) is 5.01 Å². The summed E-state index contributed by atoms with van der Waals surface area (Å²) in [5.41, 5.74) is 1.17. The van der Waals surface area contributed by atoms with Crippen molar-refractivity contribution in [2.75, 3.05) is 13.1 Å². The molecular formula is C15H21N5O2S2. The Morgan fingerprint density at radius 1 is 1.33 bits per heavy atom. The molecule has 2 aromatic rings. The molecule has 0 spiro atoms. The minimum Gasteiger partial charge on any atom is -0.289 e. The van der Waals surface area contributed by atoms with Gasteiger partial charge in [0.05, 0.1) is 23.5 Å². The number of nitrogens with zero attached hydrogens (tertiary/aromatic N) is 4. The summed E-state index contributed by atoms with van der Waals surface area (Å²) in [5, 5.41) is 7.37. The highest BCUT2D eigenvalue weighted by Gasteiger charge is 2.35. The van der Waals surface area contributed by atoms with Crippen molar-refractivity contribution in [3.8, 4) is 0 Å². The molecule has 4 rings (SSSR count). The molecule has 1 unspecified atom stereocenters. The number of rotatable bonds is 7. The third-order valence-corrected chi connectivity index (χ3v) is 7.26. The van der Waals surface area contributed by atoms with Gasteiger partial charge in [-0.15, -0.1) is 11.3 Å². The van der Waals surface area contributed by atoms with Crippen molar-refractivity contribution >= 4 is 21.4 Å². The maximum absolute atomic E-state index is 12.0. The second kappa shape index (κ2) is 6.55. The van der Waals surface area contributed by atoms with Gasteiger partial charge in [0, 0.05) is 37.4 Å². The zero-order chi connectivity index (χ0) is 16.6. The molecule has 0 bridgehead atoms. The first-order chi connectivity index (χ1) is 11.6. The lowest BCUT2D eigenvalue weighted by Crippen LogP contribution is -2.39. The van der Waals surface area contributed by atoms with E-state index in [1.54, 1.807) is 11.3 Å². The van der Waals surface area contributed by atoms with Gasteiger partial charge < -0.3 is 0 Å². The summed E-state index contributed by atoms with van der Waals surface area (Å²) >= 11 is 1.67. The molecule has 0 aromatic carbocycles. The minimum absolute atomic E-state index is 0.162. The molecule has 1 N–H and O–H groups in total. The van der Waals surface area contributed by atoms with E-state index >= 15 is 0 Å². The molecule has 3 heterocycles. The van der Waals surface area contributed by atoms with Gasteiger partial charge in [0.25, 0.3) is 0 Å². The van der Waals surface area contributed by atoms with Gasteiger partial charge in [-0.05, 0) is 25.3 Å². The van der Waals surface area contributed by atoms with E-state index in [9.17, 15) is 8.42 Å². The van der Waals surface area contributed by atoms with Crippen molar-refractivity contribution in [2.45, 2.75) is 43.6 Å². The van der Waals surface area contributed by atoms with Gasteiger partial charge in [-0.1, -0.05) is 0 Å². The fourth-order valence-corrected chi connectivity index (χ4v) is 5.24. The summed E-state index contributed by atoms with van der Waals surface area (Å²) in [6, 6.07) is 2.22. The van der Waals surface area contributed by atoms with Gasteiger partial charge >= 0.3 is 0 Å². The van der Waals surface area contributed by atoms with Crippen LogP contribution in [0.2, 0.25) is 0 Å². The minimum atomic E-state index is -3.11. The van der Waals surface area contributed by atoms with Crippen molar-refractivity contribution in [2.24, 2.45) is 0 Å². The van der Waals surface area contributed by atoms with E-state index in [-0.39, 0.29) is 11.3 Å². The molecule has 0 saturated heterocycles. The summed E-state index contributed by atoms with van der Waals surface area (Å²) in [7, 11) is -3.11. The molecule has 0 radical (unpaired) electrons. The highest BCUT2D eigenvalue weighted by molar-refractivity contribution is 7.90. The molecule has 1 aliphatic carbocycles. The van der Waals surface area contributed by atoms with E-state index in [0.29, 0.717) is 6.54 Å². The fraction of sp³-hybridized carbons (Fsp3) is 0.600. The van der Waals surface area contributed by atoms with Crippen LogP contribution in [0.1, 0.15) is 36.0 Å². The van der Waals surface area contributed by atoms with Crippen LogP contribution in [0, 0.1) is 0 Å². The molecule has 0 amide bonds. The van der Waals surface area contributed by atoms with E-state index in [1.165, 1.54) is 5.69 Å². The number of thiazole rings is 1. The van der Waals surface area contributed by atoms with E-state index in [2.05, 4.69) is 19.7 Å². The van der Waals surface area contributed by atoms with Crippen molar-refractivity contribution in [3.05, 3.63) is 34.5 Å². The van der Waals surface area contributed by atoms with Crippen LogP contribution in [0.5, 0.6) is 0 Å². The molecule has 1 fully saturated rings. The standard InChI is InChI=1S/C15H21N5O2S2/c21-24(22,14-1-2-14)18-6-4-13-10-19(11-15-16-7-8-23-15)9-12-3-5-17-20(12)13/h3,5,7-8,13-14,18H,1-2,4,6,9-11H2. The Balaban J connectivity index is 1.39. The zero-order valence-electron chi connectivity index (χ0n) is 13.3. The summed E-state index contributed by atoms with van der Waals surface area (Å²) in [4.78, 5) is 6.72. The highest BCUT2D eigenvalue weighted by atomic mass is 32.2. The van der Waals surface area contributed by atoms with E-state index < -0.39 is 10.0 Å². The number of hydrogen-bond donors (Lipinski definition) is 1. The van der Waals surface area contributed by atoms with Crippen LogP contribution in [0.4, 0.5) is 0 Å². The Bertz CT molecular complexity index is 783. The van der Waals surface area contributed by atoms with Gasteiger partial charge in [-0.2, -0.15) is 5.10 Å². The number of hydrogen-bond acceptors (Lipinski definition) is 6. The summed E-state index contributed by atoms with van der Waals surface area (Å²) in [5.74, 6) is 0. The van der Waals surface area contributed by atoms with Crippen molar-refractivity contribution < 1.29 is 8.42 Å². The van der Waals surface area contributed by atoms with Crippen molar-refractivity contribution in [1.29, 1.82) is 0 Å². The molecule has 1 saturated carbocycles. The van der Waals surface area contributed by atoms with Crippen LogP contribution >= 0.6 is 11.3 Å². The average Bonchev–Trinajstić information content (AvgIpc) is 3.11. The SMILES string of the molecule is O=S(=O)(NCCC1CN(Cc2nccs2)Cc2ccnn21)C1CC1. The molecule has 1 aliphatic heterocycles. The van der Waals surface area contributed by atoms with E-state index in [1.807, 2.05) is 28.5 Å².